The number of fused-ring (bicyclic) bond motifs is 8. The van der Waals surface area contributed by atoms with E-state index in [0.717, 1.165) is 28.2 Å². The molecule has 0 saturated heterocycles. The second-order valence-electron chi connectivity index (χ2n) is 12.6. The molecule has 8 aromatic rings. The van der Waals surface area contributed by atoms with Gasteiger partial charge in [-0.1, -0.05) is 111 Å². The minimum Gasteiger partial charge on any atom is -0.456 e. The fourth-order valence-corrected chi connectivity index (χ4v) is 7.44. The van der Waals surface area contributed by atoms with Crippen molar-refractivity contribution < 1.29 is 4.42 Å². The van der Waals surface area contributed by atoms with Gasteiger partial charge in [-0.2, -0.15) is 0 Å². The summed E-state index contributed by atoms with van der Waals surface area (Å²) in [7, 11) is 0. The van der Waals surface area contributed by atoms with Gasteiger partial charge < -0.3 is 9.32 Å². The first kappa shape index (κ1) is 25.9. The SMILES string of the molecule is CC1(C)c2cc(N(c3ccccc3)c3ccc(-c4ccc5ccccc5c4)cc3)ccc2-c2ccc3oc4ccccc4c3c21. The van der Waals surface area contributed by atoms with Crippen molar-refractivity contribution in [3.8, 4) is 22.3 Å². The third-order valence-electron chi connectivity index (χ3n) is 9.62. The average molecular weight is 578 g/mol. The Morgan fingerprint density at radius 1 is 0.489 bits per heavy atom. The van der Waals surface area contributed by atoms with E-state index in [1.54, 1.807) is 0 Å². The molecule has 45 heavy (non-hydrogen) atoms. The lowest BCUT2D eigenvalue weighted by Crippen LogP contribution is -2.17. The van der Waals surface area contributed by atoms with Crippen LogP contribution in [0.25, 0.3) is 55.0 Å². The van der Waals surface area contributed by atoms with E-state index in [9.17, 15) is 0 Å². The van der Waals surface area contributed by atoms with Crippen LogP contribution in [-0.4, -0.2) is 0 Å². The highest BCUT2D eigenvalue weighted by molar-refractivity contribution is 6.11. The second-order valence-corrected chi connectivity index (χ2v) is 12.6. The van der Waals surface area contributed by atoms with Gasteiger partial charge in [0.1, 0.15) is 11.2 Å². The van der Waals surface area contributed by atoms with E-state index in [2.05, 4.69) is 164 Å². The first-order valence-electron chi connectivity index (χ1n) is 15.6. The van der Waals surface area contributed by atoms with Gasteiger partial charge in [-0.25, -0.2) is 0 Å². The number of rotatable bonds is 4. The summed E-state index contributed by atoms with van der Waals surface area (Å²) in [5.41, 5.74) is 12.8. The van der Waals surface area contributed by atoms with E-state index in [1.807, 2.05) is 6.07 Å². The molecule has 0 fully saturated rings. The fourth-order valence-electron chi connectivity index (χ4n) is 7.44. The van der Waals surface area contributed by atoms with Crippen molar-refractivity contribution >= 4 is 49.8 Å². The van der Waals surface area contributed by atoms with Crippen LogP contribution in [0.3, 0.4) is 0 Å². The van der Waals surface area contributed by atoms with E-state index in [1.165, 1.54) is 54.9 Å². The second kappa shape index (κ2) is 9.70. The summed E-state index contributed by atoms with van der Waals surface area (Å²) in [4.78, 5) is 2.37. The molecule has 1 heterocycles. The molecule has 0 spiro atoms. The van der Waals surface area contributed by atoms with Gasteiger partial charge in [-0.15, -0.1) is 0 Å². The molecule has 1 aromatic heterocycles. The average Bonchev–Trinajstić information content (AvgIpc) is 3.57. The smallest absolute Gasteiger partial charge is 0.135 e. The van der Waals surface area contributed by atoms with E-state index >= 15 is 0 Å². The Kier molecular flexibility index (Phi) is 5.58. The van der Waals surface area contributed by atoms with Crippen LogP contribution < -0.4 is 4.90 Å². The van der Waals surface area contributed by atoms with Crippen LogP contribution in [0.5, 0.6) is 0 Å². The minimum absolute atomic E-state index is 0.199. The van der Waals surface area contributed by atoms with Gasteiger partial charge in [0.25, 0.3) is 0 Å². The van der Waals surface area contributed by atoms with E-state index < -0.39 is 0 Å². The quantitative estimate of drug-likeness (QED) is 0.207. The van der Waals surface area contributed by atoms with Crippen molar-refractivity contribution in [3.05, 3.63) is 163 Å². The molecule has 1 aliphatic rings. The maximum atomic E-state index is 6.30. The van der Waals surface area contributed by atoms with Gasteiger partial charge in [0.05, 0.1) is 0 Å². The molecule has 1 aliphatic carbocycles. The third-order valence-corrected chi connectivity index (χ3v) is 9.62. The summed E-state index contributed by atoms with van der Waals surface area (Å²) in [5.74, 6) is 0. The fraction of sp³-hybridized carbons (Fsp3) is 0.0698. The highest BCUT2D eigenvalue weighted by Gasteiger charge is 2.38. The maximum absolute atomic E-state index is 6.30. The molecule has 0 radical (unpaired) electrons. The van der Waals surface area contributed by atoms with E-state index in [0.29, 0.717) is 0 Å². The molecule has 2 nitrogen and oxygen atoms in total. The van der Waals surface area contributed by atoms with Gasteiger partial charge in [0, 0.05) is 33.2 Å². The van der Waals surface area contributed by atoms with Crippen LogP contribution >= 0.6 is 0 Å². The number of anilines is 3. The van der Waals surface area contributed by atoms with Crippen molar-refractivity contribution in [2.75, 3.05) is 4.90 Å². The van der Waals surface area contributed by atoms with Gasteiger partial charge in [0.2, 0.25) is 0 Å². The molecule has 0 N–H and O–H groups in total. The molecule has 0 saturated carbocycles. The Morgan fingerprint density at radius 3 is 2.00 bits per heavy atom. The summed E-state index contributed by atoms with van der Waals surface area (Å²) < 4.78 is 6.30. The van der Waals surface area contributed by atoms with Crippen LogP contribution in [0.4, 0.5) is 17.1 Å². The third kappa shape index (κ3) is 3.96. The molecule has 2 heteroatoms. The van der Waals surface area contributed by atoms with Crippen molar-refractivity contribution in [3.63, 3.8) is 0 Å². The van der Waals surface area contributed by atoms with E-state index in [-0.39, 0.29) is 5.41 Å². The minimum atomic E-state index is -0.199. The molecule has 0 aliphatic heterocycles. The highest BCUT2D eigenvalue weighted by atomic mass is 16.3. The Bertz CT molecular complexity index is 2400. The van der Waals surface area contributed by atoms with Crippen LogP contribution in [0.15, 0.2) is 156 Å². The number of benzene rings is 7. The first-order valence-corrected chi connectivity index (χ1v) is 15.6. The monoisotopic (exact) mass is 577 g/mol. The molecule has 9 rings (SSSR count). The normalized spacial score (nSPS) is 13.3. The predicted molar refractivity (Wildman–Crippen MR) is 189 cm³/mol. The highest BCUT2D eigenvalue weighted by Crippen LogP contribution is 2.54. The number of hydrogen-bond acceptors (Lipinski definition) is 2. The Labute approximate surface area is 262 Å². The van der Waals surface area contributed by atoms with Crippen LogP contribution in [0.2, 0.25) is 0 Å². The van der Waals surface area contributed by atoms with E-state index in [4.69, 9.17) is 4.42 Å². The molecule has 0 amide bonds. The van der Waals surface area contributed by atoms with Crippen LogP contribution in [-0.2, 0) is 5.41 Å². The zero-order valence-electron chi connectivity index (χ0n) is 25.3. The van der Waals surface area contributed by atoms with Crippen molar-refractivity contribution in [1.82, 2.24) is 0 Å². The largest absolute Gasteiger partial charge is 0.456 e. The molecular formula is C43H31NO. The Balaban J connectivity index is 1.16. The summed E-state index contributed by atoms with van der Waals surface area (Å²) in [6.45, 7) is 4.71. The van der Waals surface area contributed by atoms with Crippen LogP contribution in [0.1, 0.15) is 25.0 Å². The standard InChI is InChI=1S/C43H31NO/c1-43(2)38-27-34(22-23-35(38)36-24-25-40-41(42(36)43)37-14-8-9-15-39(37)45-40)44(32-12-4-3-5-13-32)33-20-18-29(19-21-33)31-17-16-28-10-6-7-11-30(28)26-31/h3-27H,1-2H3. The van der Waals surface area contributed by atoms with Gasteiger partial charge in [0.15, 0.2) is 0 Å². The molecule has 0 unspecified atom stereocenters. The van der Waals surface area contributed by atoms with Gasteiger partial charge in [-0.05, 0) is 98.8 Å². The summed E-state index contributed by atoms with van der Waals surface area (Å²) >= 11 is 0. The lowest BCUT2D eigenvalue weighted by Gasteiger charge is -2.28. The number of nitrogens with zero attached hydrogens (tertiary/aromatic N) is 1. The zero-order valence-corrected chi connectivity index (χ0v) is 25.3. The number of para-hydroxylation sites is 2. The van der Waals surface area contributed by atoms with Crippen molar-refractivity contribution in [2.45, 2.75) is 19.3 Å². The summed E-state index contributed by atoms with van der Waals surface area (Å²) in [5, 5.41) is 4.93. The first-order chi connectivity index (χ1) is 22.1. The van der Waals surface area contributed by atoms with Crippen molar-refractivity contribution in [1.29, 1.82) is 0 Å². The molecule has 7 aromatic carbocycles. The topological polar surface area (TPSA) is 16.4 Å². The van der Waals surface area contributed by atoms with Crippen LogP contribution in [0, 0.1) is 0 Å². The molecule has 0 bridgehead atoms. The Hall–Kier alpha value is -5.60. The maximum Gasteiger partial charge on any atom is 0.135 e. The predicted octanol–water partition coefficient (Wildman–Crippen LogP) is 12.2. The van der Waals surface area contributed by atoms with Crippen molar-refractivity contribution in [2.24, 2.45) is 0 Å². The lowest BCUT2D eigenvalue weighted by molar-refractivity contribution is 0.657. The molecular weight excluding hydrogens is 546 g/mol. The number of furan rings is 1. The van der Waals surface area contributed by atoms with Gasteiger partial charge in [-0.3, -0.25) is 0 Å². The van der Waals surface area contributed by atoms with Gasteiger partial charge >= 0.3 is 0 Å². The molecule has 0 atom stereocenters. The number of hydrogen-bond donors (Lipinski definition) is 0. The summed E-state index contributed by atoms with van der Waals surface area (Å²) in [6.07, 6.45) is 0. The lowest BCUT2D eigenvalue weighted by atomic mass is 9.80. The zero-order chi connectivity index (χ0) is 30.1. The summed E-state index contributed by atoms with van der Waals surface area (Å²) in [6, 6.07) is 54.6. The molecule has 214 valence electrons. The Morgan fingerprint density at radius 2 is 1.16 bits per heavy atom.